The molecule has 0 aromatic heterocycles. The van der Waals surface area contributed by atoms with Crippen molar-refractivity contribution in [3.8, 4) is 0 Å². The van der Waals surface area contributed by atoms with Gasteiger partial charge in [-0.2, -0.15) is 0 Å². The summed E-state index contributed by atoms with van der Waals surface area (Å²) in [5.74, 6) is 1.10. The minimum atomic E-state index is -0.0247. The predicted octanol–water partition coefficient (Wildman–Crippen LogP) is 10.8. The average Bonchev–Trinajstić information content (AvgIpc) is 3.30. The van der Waals surface area contributed by atoms with Crippen molar-refractivity contribution in [1.29, 1.82) is 0 Å². The van der Waals surface area contributed by atoms with Crippen molar-refractivity contribution in [3.63, 3.8) is 0 Å². The van der Waals surface area contributed by atoms with Crippen LogP contribution < -0.4 is 0 Å². The molecule has 1 aliphatic heterocycles. The van der Waals surface area contributed by atoms with Gasteiger partial charge in [-0.25, -0.2) is 0 Å². The molecule has 0 bridgehead atoms. The second-order valence-corrected chi connectivity index (χ2v) is 14.3. The molecule has 0 saturated carbocycles. The summed E-state index contributed by atoms with van der Waals surface area (Å²) in [5, 5.41) is 0. The fourth-order valence-electron chi connectivity index (χ4n) is 5.87. The van der Waals surface area contributed by atoms with Gasteiger partial charge in [0.05, 0.1) is 33.0 Å². The van der Waals surface area contributed by atoms with Gasteiger partial charge in [-0.3, -0.25) is 4.48 Å². The molecule has 0 N–H and O–H groups in total. The lowest BCUT2D eigenvalue weighted by Crippen LogP contribution is -2.35. The smallest absolute Gasteiger partial charge is 0.134 e. The molecule has 0 saturated heterocycles. The normalized spacial score (nSPS) is 17.7. The molecule has 5 heteroatoms. The first-order chi connectivity index (χ1) is 20.4. The first-order valence-electron chi connectivity index (χ1n) is 17.5. The van der Waals surface area contributed by atoms with Gasteiger partial charge in [0, 0.05) is 17.1 Å². The SMILES string of the molecule is CCCCCCCCCCCCCCCCCCOCC(COCc1ccccc1C[N+]1(C)C=C(C)SC1)OC(C)C. The van der Waals surface area contributed by atoms with Gasteiger partial charge in [-0.1, -0.05) is 139 Å². The Morgan fingerprint density at radius 1 is 0.738 bits per heavy atom. The third-order valence-electron chi connectivity index (χ3n) is 8.20. The van der Waals surface area contributed by atoms with Crippen LogP contribution >= 0.6 is 11.8 Å². The second kappa shape index (κ2) is 23.5. The maximum absolute atomic E-state index is 6.20. The van der Waals surface area contributed by atoms with E-state index in [2.05, 4.69) is 65.2 Å². The van der Waals surface area contributed by atoms with Crippen LogP contribution in [0.5, 0.6) is 0 Å². The van der Waals surface area contributed by atoms with Gasteiger partial charge < -0.3 is 14.2 Å². The Bertz CT molecular complexity index is 829. The van der Waals surface area contributed by atoms with Crippen molar-refractivity contribution in [1.82, 2.24) is 0 Å². The molecule has 2 unspecified atom stereocenters. The van der Waals surface area contributed by atoms with E-state index in [0.29, 0.717) is 19.8 Å². The van der Waals surface area contributed by atoms with Crippen LogP contribution in [0.4, 0.5) is 0 Å². The minimum Gasteiger partial charge on any atom is -0.379 e. The number of unbranched alkanes of at least 4 members (excludes halogenated alkanes) is 15. The van der Waals surface area contributed by atoms with Crippen molar-refractivity contribution in [3.05, 3.63) is 46.5 Å². The van der Waals surface area contributed by atoms with Crippen molar-refractivity contribution < 1.29 is 18.7 Å². The highest BCUT2D eigenvalue weighted by Crippen LogP contribution is 2.32. The van der Waals surface area contributed by atoms with Crippen molar-refractivity contribution in [2.75, 3.05) is 32.7 Å². The summed E-state index contributed by atoms with van der Waals surface area (Å²) in [7, 11) is 2.31. The lowest BCUT2D eigenvalue weighted by atomic mass is 10.0. The zero-order chi connectivity index (χ0) is 30.3. The Morgan fingerprint density at radius 2 is 1.26 bits per heavy atom. The molecule has 42 heavy (non-hydrogen) atoms. The monoisotopic (exact) mass is 604 g/mol. The van der Waals surface area contributed by atoms with E-state index in [1.807, 2.05) is 11.8 Å². The summed E-state index contributed by atoms with van der Waals surface area (Å²) in [4.78, 5) is 1.42. The van der Waals surface area contributed by atoms with E-state index >= 15 is 0 Å². The number of ether oxygens (including phenoxy) is 3. The summed E-state index contributed by atoms with van der Waals surface area (Å²) >= 11 is 1.95. The first-order valence-corrected chi connectivity index (χ1v) is 18.4. The first kappa shape index (κ1) is 37.3. The highest BCUT2D eigenvalue weighted by Gasteiger charge is 2.27. The molecule has 242 valence electrons. The lowest BCUT2D eigenvalue weighted by molar-refractivity contribution is -0.858. The number of benzene rings is 1. The van der Waals surface area contributed by atoms with E-state index in [0.717, 1.165) is 29.9 Å². The molecule has 0 radical (unpaired) electrons. The summed E-state index contributed by atoms with van der Waals surface area (Å²) in [6.45, 7) is 12.3. The number of hydrogen-bond acceptors (Lipinski definition) is 4. The maximum Gasteiger partial charge on any atom is 0.134 e. The molecule has 1 heterocycles. The molecule has 2 atom stereocenters. The van der Waals surface area contributed by atoms with Crippen molar-refractivity contribution in [2.24, 2.45) is 0 Å². The maximum atomic E-state index is 6.20. The lowest BCUT2D eigenvalue weighted by Gasteiger charge is -2.27. The zero-order valence-electron chi connectivity index (χ0n) is 28.2. The Balaban J connectivity index is 1.50. The number of rotatable bonds is 27. The molecular weight excluding hydrogens is 538 g/mol. The van der Waals surface area contributed by atoms with E-state index in [1.54, 1.807) is 0 Å². The molecular formula is C37H66NO3S+. The summed E-state index contributed by atoms with van der Waals surface area (Å²) in [5.41, 5.74) is 2.64. The third kappa shape index (κ3) is 18.1. The zero-order valence-corrected chi connectivity index (χ0v) is 29.0. The van der Waals surface area contributed by atoms with E-state index in [9.17, 15) is 0 Å². The van der Waals surface area contributed by atoms with Crippen molar-refractivity contribution >= 4 is 11.8 Å². The predicted molar refractivity (Wildman–Crippen MR) is 183 cm³/mol. The van der Waals surface area contributed by atoms with E-state index < -0.39 is 0 Å². The van der Waals surface area contributed by atoms with Gasteiger partial charge in [0.25, 0.3) is 0 Å². The second-order valence-electron chi connectivity index (χ2n) is 13.1. The summed E-state index contributed by atoms with van der Waals surface area (Å²) in [6.07, 6.45) is 24.8. The molecule has 0 spiro atoms. The number of thioether (sulfide) groups is 1. The highest BCUT2D eigenvalue weighted by molar-refractivity contribution is 8.03. The fraction of sp³-hybridized carbons (Fsp3) is 0.784. The van der Waals surface area contributed by atoms with Crippen LogP contribution in [0.2, 0.25) is 0 Å². The number of nitrogens with zero attached hydrogens (tertiary/aromatic N) is 1. The number of allylic oxidation sites excluding steroid dienone is 1. The molecule has 1 aromatic rings. The molecule has 2 rings (SSSR count). The van der Waals surface area contributed by atoms with E-state index in [1.165, 1.54) is 112 Å². The molecule has 0 fully saturated rings. The van der Waals surface area contributed by atoms with Crippen molar-refractivity contribution in [2.45, 2.75) is 156 Å². The van der Waals surface area contributed by atoms with Gasteiger partial charge in [-0.05, 0) is 32.8 Å². The van der Waals surface area contributed by atoms with Crippen LogP contribution in [0.1, 0.15) is 142 Å². The van der Waals surface area contributed by atoms with E-state index in [-0.39, 0.29) is 12.2 Å². The molecule has 1 aromatic carbocycles. The number of quaternary nitrogens is 1. The van der Waals surface area contributed by atoms with Crippen LogP contribution in [0.15, 0.2) is 35.4 Å². The Morgan fingerprint density at radius 3 is 1.79 bits per heavy atom. The van der Waals surface area contributed by atoms with Crippen LogP contribution in [0.3, 0.4) is 0 Å². The Kier molecular flexibility index (Phi) is 20.9. The van der Waals surface area contributed by atoms with Crippen LogP contribution in [0.25, 0.3) is 0 Å². The van der Waals surface area contributed by atoms with Crippen LogP contribution in [-0.2, 0) is 27.4 Å². The standard InChI is InChI=1S/C37H66NO3S/c1-6-7-8-9-10-11-12-13-14-15-16-17-18-19-20-23-26-39-30-37(41-33(2)3)31-40-29-36-25-22-21-24-35(36)28-38(5)27-34(4)42-32-38/h21-22,24-25,27,33,37H,6-20,23,26,28-32H2,1-5H3/q+1. The summed E-state index contributed by atoms with van der Waals surface area (Å²) < 4.78 is 19.3. The van der Waals surface area contributed by atoms with Gasteiger partial charge in [0.15, 0.2) is 0 Å². The number of hydrogen-bond donors (Lipinski definition) is 0. The van der Waals surface area contributed by atoms with E-state index in [4.69, 9.17) is 14.2 Å². The minimum absolute atomic E-state index is 0.0247. The molecule has 1 aliphatic rings. The molecule has 0 amide bonds. The van der Waals surface area contributed by atoms with Gasteiger partial charge >= 0.3 is 0 Å². The largest absolute Gasteiger partial charge is 0.379 e. The topological polar surface area (TPSA) is 27.7 Å². The average molecular weight is 605 g/mol. The quantitative estimate of drug-likeness (QED) is 0.0737. The van der Waals surface area contributed by atoms with Crippen LogP contribution in [-0.4, -0.2) is 49.4 Å². The highest BCUT2D eigenvalue weighted by atomic mass is 32.2. The van der Waals surface area contributed by atoms with Crippen LogP contribution in [0, 0.1) is 0 Å². The third-order valence-corrected chi connectivity index (χ3v) is 9.48. The van der Waals surface area contributed by atoms with Gasteiger partial charge in [0.2, 0.25) is 0 Å². The fourth-order valence-corrected chi connectivity index (χ4v) is 6.87. The Hall–Kier alpha value is -0.850. The Labute approximate surface area is 264 Å². The summed E-state index contributed by atoms with van der Waals surface area (Å²) in [6, 6.07) is 8.71. The van der Waals surface area contributed by atoms with Gasteiger partial charge in [-0.15, -0.1) is 0 Å². The molecule has 4 nitrogen and oxygen atoms in total. The molecule has 0 aliphatic carbocycles. The van der Waals surface area contributed by atoms with Gasteiger partial charge in [0.1, 0.15) is 24.7 Å².